The van der Waals surface area contributed by atoms with Gasteiger partial charge in [-0.3, -0.25) is 38.1 Å². The fraction of sp³-hybridized carbons (Fsp3) is 0.926. The van der Waals surface area contributed by atoms with E-state index in [0.717, 1.165) is 210 Å². The second kappa shape index (κ2) is 76.2. The van der Waals surface area contributed by atoms with Crippen molar-refractivity contribution in [3.05, 3.63) is 0 Å². The van der Waals surface area contributed by atoms with Crippen LogP contribution in [0.25, 0.3) is 0 Å². The molecule has 0 bridgehead atoms. The summed E-state index contributed by atoms with van der Waals surface area (Å²) in [6.07, 6.45) is 50.0. The van der Waals surface area contributed by atoms with Crippen LogP contribution in [-0.2, 0) is 66.3 Å². The van der Waals surface area contributed by atoms with Crippen LogP contribution in [0, 0.1) is 0 Å². The lowest BCUT2D eigenvalue weighted by Crippen LogP contribution is -2.75. The number of rotatable bonds is 85. The van der Waals surface area contributed by atoms with Crippen molar-refractivity contribution in [2.75, 3.05) is 19.7 Å². The molecule has 8 atom stereocenters. The van der Waals surface area contributed by atoms with Gasteiger partial charge in [0.2, 0.25) is 11.8 Å². The minimum absolute atomic E-state index is 0.0974. The monoisotopic (exact) mass is 1670 g/mol. The van der Waals surface area contributed by atoms with E-state index in [2.05, 4.69) is 46.9 Å². The zero-order valence-corrected chi connectivity index (χ0v) is 75.9. The predicted molar refractivity (Wildman–Crippen MR) is 467 cm³/mol. The Hall–Kier alpha value is -3.72. The second-order valence-electron chi connectivity index (χ2n) is 34.4. The van der Waals surface area contributed by atoms with E-state index >= 15 is 14.4 Å². The molecule has 0 aromatic heterocycles. The molecule has 0 radical (unpaired) electrons. The summed E-state index contributed by atoms with van der Waals surface area (Å²) in [4.78, 5) is 123. The summed E-state index contributed by atoms with van der Waals surface area (Å²) in [6, 6.07) is 0. The van der Waals surface area contributed by atoms with E-state index in [-0.39, 0.29) is 32.1 Å². The Balaban J connectivity index is 4.08. The Morgan fingerprint density at radius 2 is 0.672 bits per heavy atom. The molecule has 1 aliphatic rings. The van der Waals surface area contributed by atoms with Crippen molar-refractivity contribution >= 4 is 49.5 Å². The average molecular weight is 1670 g/mol. The highest BCUT2D eigenvalue weighted by Crippen LogP contribution is 2.45. The molecule has 1 rings (SSSR count). The number of nitrogens with one attached hydrogen (secondary N) is 1. The quantitative estimate of drug-likeness (QED) is 0.0143. The number of carboxylic acid groups (broad SMARTS) is 1. The molecule has 1 heterocycles. The van der Waals surface area contributed by atoms with Gasteiger partial charge in [-0.15, -0.1) is 0 Å². The van der Waals surface area contributed by atoms with Gasteiger partial charge < -0.3 is 59.0 Å². The maximum absolute atomic E-state index is 15.4. The van der Waals surface area contributed by atoms with Crippen molar-refractivity contribution in [1.29, 1.82) is 0 Å². The highest BCUT2D eigenvalue weighted by Gasteiger charge is 2.61. The van der Waals surface area contributed by atoms with Gasteiger partial charge in [-0.25, -0.2) is 4.57 Å². The van der Waals surface area contributed by atoms with Crippen LogP contribution >= 0.6 is 7.82 Å². The maximum Gasteiger partial charge on any atom is 0.470 e. The van der Waals surface area contributed by atoms with Crippen molar-refractivity contribution in [3.8, 4) is 0 Å². The lowest BCUT2D eigenvalue weighted by atomic mass is 9.79. The van der Waals surface area contributed by atoms with Gasteiger partial charge in [0.15, 0.2) is 12.4 Å². The van der Waals surface area contributed by atoms with Crippen LogP contribution in [0.3, 0.4) is 0 Å². The van der Waals surface area contributed by atoms with Gasteiger partial charge in [0.25, 0.3) is 0 Å². The predicted octanol–water partition coefficient (Wildman–Crippen LogP) is 24.0. The van der Waals surface area contributed by atoms with Crippen LogP contribution in [0.4, 0.5) is 0 Å². The van der Waals surface area contributed by atoms with E-state index in [1.54, 1.807) is 0 Å². The van der Waals surface area contributed by atoms with E-state index in [0.29, 0.717) is 44.9 Å². The van der Waals surface area contributed by atoms with Gasteiger partial charge in [-0.2, -0.15) is 0 Å². The van der Waals surface area contributed by atoms with E-state index < -0.39 is 143 Å². The molecule has 1 aliphatic heterocycles. The number of carboxylic acids is 1. The average Bonchev–Trinajstić information content (AvgIpc) is 0.744. The summed E-state index contributed by atoms with van der Waals surface area (Å²) in [5.41, 5.74) is -2.60. The zero-order chi connectivity index (χ0) is 85.2. The number of carbonyl (C=O) groups is 7. The molecule has 1 fully saturated rings. The number of aliphatic hydroxyl groups is 2. The summed E-state index contributed by atoms with van der Waals surface area (Å²) in [5.74, 6) is -5.73. The lowest BCUT2D eigenvalue weighted by molar-refractivity contribution is -0.286. The molecule has 21 nitrogen and oxygen atoms in total. The first kappa shape index (κ1) is 110. The fourth-order valence-electron chi connectivity index (χ4n) is 16.2. The van der Waals surface area contributed by atoms with E-state index in [1.807, 2.05) is 0 Å². The van der Waals surface area contributed by atoms with Gasteiger partial charge in [-0.1, -0.05) is 388 Å². The van der Waals surface area contributed by atoms with Gasteiger partial charge in [0.05, 0.1) is 25.9 Å². The largest absolute Gasteiger partial charge is 0.480 e. The van der Waals surface area contributed by atoms with E-state index in [1.165, 1.54) is 141 Å². The van der Waals surface area contributed by atoms with Crippen molar-refractivity contribution in [2.24, 2.45) is 0 Å². The summed E-state index contributed by atoms with van der Waals surface area (Å²) >= 11 is 0. The van der Waals surface area contributed by atoms with Crippen LogP contribution in [0.2, 0.25) is 0 Å². The molecule has 0 spiro atoms. The molecule has 0 aromatic carbocycles. The van der Waals surface area contributed by atoms with Gasteiger partial charge >= 0.3 is 37.7 Å². The standard InChI is InChI=1S/C94H177N2O19P/c1-7-13-19-25-31-37-40-46-52-58-64-70-87(102)110-80(67-61-55-49-43-34-28-22-16-10-4)75-84(98)95-94(73-74-96(78-86(100)101)85(99)76-81(68-62-56-50-44-35-29-23-17-11-5)111-88(103)71-65-59-53-47-41-38-32-26-20-14-8-2)92(91(115-116(107,108)109)83(79-97)113-93(94)106)114-90(105)77-82(69-63-57-51-45-36-30-24-18-12-6)112-89(104)72-66-60-54-48-42-39-33-27-21-15-9-3/h80-83,91-93,97,106H,7-79H2,1-6H3,(H,95,98)(H,100,101)(H2,107,108,109)/t80-,81-,82-,83-,91-,92+,93-,94?/m1/s1. The molecule has 22 heteroatoms. The van der Waals surface area contributed by atoms with Crippen LogP contribution in [0.15, 0.2) is 0 Å². The molecule has 1 unspecified atom stereocenters. The summed E-state index contributed by atoms with van der Waals surface area (Å²) < 4.78 is 49.6. The SMILES string of the molecule is CCCCCCCCCCCCCC(=O)O[C@H](CCCCCCCCCCC)CC(=O)NC1(CCN(CC(=O)O)C(=O)C[C@@H](CCCCCCCCCCC)OC(=O)CCCCCCCCCCCCC)[C@H](O)O[C@H](CO)[C@@H](OP(=O)(O)O)[C@@H]1OC(=O)C[C@@H](CCCCCCCCCCC)OC(=O)CCCCCCCCCCCCC. The number of unbranched alkanes of at least 4 members (excludes halogenated alkanes) is 54. The van der Waals surface area contributed by atoms with Gasteiger partial charge in [-0.05, 0) is 64.2 Å². The number of aliphatic hydroxyl groups excluding tert-OH is 2. The molecule has 2 amide bonds. The summed E-state index contributed by atoms with van der Waals surface area (Å²) in [6.45, 7) is 10.5. The minimum atomic E-state index is -5.70. The first-order chi connectivity index (χ1) is 56.2. The number of nitrogens with zero attached hydrogens (tertiary/aromatic N) is 1. The second-order valence-corrected chi connectivity index (χ2v) is 35.6. The van der Waals surface area contributed by atoms with Gasteiger partial charge in [0, 0.05) is 25.8 Å². The number of hydrogen-bond donors (Lipinski definition) is 6. The van der Waals surface area contributed by atoms with Crippen LogP contribution < -0.4 is 5.32 Å². The topological polar surface area (TPSA) is 308 Å². The number of phosphoric acid groups is 1. The maximum atomic E-state index is 15.4. The van der Waals surface area contributed by atoms with Crippen molar-refractivity contribution in [3.63, 3.8) is 0 Å². The normalized spacial score (nSPS) is 17.1. The van der Waals surface area contributed by atoms with Crippen LogP contribution in [-0.4, -0.2) is 140 Å². The lowest BCUT2D eigenvalue weighted by Gasteiger charge is -2.52. The summed E-state index contributed by atoms with van der Waals surface area (Å²) in [7, 11) is -5.70. The van der Waals surface area contributed by atoms with Crippen molar-refractivity contribution in [2.45, 2.75) is 539 Å². The number of esters is 4. The molecular formula is C94H177N2O19P. The van der Waals surface area contributed by atoms with Crippen molar-refractivity contribution < 1.29 is 91.4 Å². The Bertz CT molecular complexity index is 2430. The minimum Gasteiger partial charge on any atom is -0.480 e. The summed E-state index contributed by atoms with van der Waals surface area (Å²) in [5, 5.41) is 37.2. The zero-order valence-electron chi connectivity index (χ0n) is 75.0. The van der Waals surface area contributed by atoms with E-state index in [9.17, 15) is 48.8 Å². The Morgan fingerprint density at radius 1 is 0.397 bits per heavy atom. The third kappa shape index (κ3) is 61.5. The molecule has 1 saturated heterocycles. The first-order valence-corrected chi connectivity index (χ1v) is 50.0. The number of phosphoric ester groups is 1. The smallest absolute Gasteiger partial charge is 0.470 e. The highest BCUT2D eigenvalue weighted by molar-refractivity contribution is 7.46. The Labute approximate surface area is 706 Å². The van der Waals surface area contributed by atoms with Gasteiger partial charge in [0.1, 0.15) is 42.6 Å². The first-order valence-electron chi connectivity index (χ1n) is 48.5. The molecule has 682 valence electrons. The van der Waals surface area contributed by atoms with Crippen LogP contribution in [0.1, 0.15) is 491 Å². The van der Waals surface area contributed by atoms with Crippen LogP contribution in [0.5, 0.6) is 0 Å². The van der Waals surface area contributed by atoms with Crippen molar-refractivity contribution in [1.82, 2.24) is 10.2 Å². The number of aliphatic carboxylic acids is 1. The Morgan fingerprint density at radius 3 is 0.957 bits per heavy atom. The Kier molecular flexibility index (Phi) is 72.4. The number of ether oxygens (including phenoxy) is 5. The third-order valence-electron chi connectivity index (χ3n) is 23.4. The number of amides is 2. The molecular weight excluding hydrogens is 1490 g/mol. The molecule has 0 aromatic rings. The fourth-order valence-corrected chi connectivity index (χ4v) is 16.8. The molecule has 6 N–H and O–H groups in total. The van der Waals surface area contributed by atoms with E-state index in [4.69, 9.17) is 28.2 Å². The molecule has 0 aliphatic carbocycles. The molecule has 116 heavy (non-hydrogen) atoms. The molecule has 0 saturated carbocycles. The highest BCUT2D eigenvalue weighted by atomic mass is 31.2. The number of hydrogen-bond acceptors (Lipinski definition) is 16. The third-order valence-corrected chi connectivity index (χ3v) is 23.9. The number of carbonyl (C=O) groups excluding carboxylic acids is 6.